The number of hydrogen-bond donors (Lipinski definition) is 1. The maximum atomic E-state index is 12.7. The molecule has 1 aliphatic rings. The van der Waals surface area contributed by atoms with Crippen LogP contribution < -0.4 is 19.5 Å². The van der Waals surface area contributed by atoms with Gasteiger partial charge in [-0.1, -0.05) is 6.07 Å². The molecular formula is C23H19NO7. The van der Waals surface area contributed by atoms with Gasteiger partial charge in [0.2, 0.25) is 6.79 Å². The first-order valence-corrected chi connectivity index (χ1v) is 9.38. The maximum absolute atomic E-state index is 12.7. The highest BCUT2D eigenvalue weighted by atomic mass is 16.7. The molecule has 0 aliphatic carbocycles. The van der Waals surface area contributed by atoms with E-state index in [1.165, 1.54) is 19.4 Å². The van der Waals surface area contributed by atoms with E-state index in [1.807, 2.05) is 0 Å². The van der Waals surface area contributed by atoms with Crippen molar-refractivity contribution in [3.05, 3.63) is 83.4 Å². The predicted octanol–water partition coefficient (Wildman–Crippen LogP) is 3.53. The quantitative estimate of drug-likeness (QED) is 0.460. The average Bonchev–Trinajstić information content (AvgIpc) is 3.48. The van der Waals surface area contributed by atoms with Gasteiger partial charge in [0.05, 0.1) is 13.4 Å². The summed E-state index contributed by atoms with van der Waals surface area (Å²) in [5.74, 6) is 1.09. The van der Waals surface area contributed by atoms with Gasteiger partial charge < -0.3 is 28.7 Å². The highest BCUT2D eigenvalue weighted by Crippen LogP contribution is 2.33. The van der Waals surface area contributed by atoms with E-state index in [4.69, 9.17) is 23.4 Å². The minimum Gasteiger partial charge on any atom is -0.497 e. The van der Waals surface area contributed by atoms with Crippen molar-refractivity contribution in [2.45, 2.75) is 6.61 Å². The van der Waals surface area contributed by atoms with Crippen molar-refractivity contribution < 1.29 is 33.0 Å². The van der Waals surface area contributed by atoms with Gasteiger partial charge in [-0.05, 0) is 60.2 Å². The number of fused-ring (bicyclic) bond motifs is 1. The highest BCUT2D eigenvalue weighted by Gasteiger charge is 2.18. The normalized spacial score (nSPS) is 12.4. The van der Waals surface area contributed by atoms with E-state index in [9.17, 15) is 9.59 Å². The van der Waals surface area contributed by atoms with Crippen LogP contribution in [0.4, 0.5) is 0 Å². The number of furan rings is 1. The monoisotopic (exact) mass is 421 g/mol. The minimum atomic E-state index is -0.712. The molecule has 1 aromatic heterocycles. The standard InChI is InChI=1S/C23H19NO7/c1-27-17-7-5-16(6-8-17)22(25)24-19(23(26)29-13-18-3-2-10-28-18)11-15-4-9-20-21(12-15)31-14-30-20/h2-12H,13-14H2,1H3,(H,24,25). The SMILES string of the molecule is COc1ccc(C(=O)NC(=Cc2ccc3c(c2)OCO3)C(=O)OCc2ccco2)cc1. The Morgan fingerprint density at radius 3 is 2.61 bits per heavy atom. The van der Waals surface area contributed by atoms with E-state index in [0.29, 0.717) is 34.1 Å². The maximum Gasteiger partial charge on any atom is 0.355 e. The third kappa shape index (κ3) is 4.87. The first-order valence-electron chi connectivity index (χ1n) is 9.38. The van der Waals surface area contributed by atoms with Crippen LogP contribution in [0.1, 0.15) is 21.7 Å². The zero-order chi connectivity index (χ0) is 21.6. The molecule has 8 nitrogen and oxygen atoms in total. The lowest BCUT2D eigenvalue weighted by atomic mass is 10.1. The highest BCUT2D eigenvalue weighted by molar-refractivity contribution is 6.03. The van der Waals surface area contributed by atoms with Crippen molar-refractivity contribution in [3.63, 3.8) is 0 Å². The Balaban J connectivity index is 1.56. The van der Waals surface area contributed by atoms with Crippen LogP contribution in [0, 0.1) is 0 Å². The lowest BCUT2D eigenvalue weighted by Gasteiger charge is -2.11. The van der Waals surface area contributed by atoms with Crippen LogP contribution in [0.2, 0.25) is 0 Å². The number of carbonyl (C=O) groups excluding carboxylic acids is 2. The largest absolute Gasteiger partial charge is 0.497 e. The first-order chi connectivity index (χ1) is 15.1. The fraction of sp³-hybridized carbons (Fsp3) is 0.130. The molecule has 0 bridgehead atoms. The Kier molecular flexibility index (Phi) is 5.89. The van der Waals surface area contributed by atoms with Crippen LogP contribution >= 0.6 is 0 Å². The van der Waals surface area contributed by atoms with Crippen LogP contribution in [0.5, 0.6) is 17.2 Å². The lowest BCUT2D eigenvalue weighted by molar-refractivity contribution is -0.141. The molecule has 31 heavy (non-hydrogen) atoms. The fourth-order valence-electron chi connectivity index (χ4n) is 2.86. The van der Waals surface area contributed by atoms with Crippen LogP contribution in [0.25, 0.3) is 6.08 Å². The molecule has 4 rings (SSSR count). The number of ether oxygens (including phenoxy) is 4. The van der Waals surface area contributed by atoms with Gasteiger partial charge in [0.25, 0.3) is 5.91 Å². The van der Waals surface area contributed by atoms with E-state index in [0.717, 1.165) is 0 Å². The number of benzene rings is 2. The first kappa shape index (κ1) is 20.1. The van der Waals surface area contributed by atoms with Gasteiger partial charge in [-0.15, -0.1) is 0 Å². The number of nitrogens with one attached hydrogen (secondary N) is 1. The molecule has 0 saturated carbocycles. The molecule has 1 N–H and O–H groups in total. The molecule has 0 atom stereocenters. The third-order valence-corrected chi connectivity index (χ3v) is 4.45. The number of rotatable bonds is 7. The second-order valence-corrected chi connectivity index (χ2v) is 6.51. The van der Waals surface area contributed by atoms with Crippen molar-refractivity contribution >= 4 is 18.0 Å². The number of methoxy groups -OCH3 is 1. The molecule has 8 heteroatoms. The van der Waals surface area contributed by atoms with Crippen molar-refractivity contribution in [2.75, 3.05) is 13.9 Å². The molecule has 0 saturated heterocycles. The van der Waals surface area contributed by atoms with Gasteiger partial charge in [-0.2, -0.15) is 0 Å². The molecule has 3 aromatic rings. The van der Waals surface area contributed by atoms with Crippen molar-refractivity contribution in [2.24, 2.45) is 0 Å². The van der Waals surface area contributed by atoms with Gasteiger partial charge in [-0.3, -0.25) is 4.79 Å². The van der Waals surface area contributed by atoms with E-state index >= 15 is 0 Å². The molecule has 158 valence electrons. The Bertz CT molecular complexity index is 1100. The number of esters is 1. The van der Waals surface area contributed by atoms with Crippen LogP contribution in [-0.4, -0.2) is 25.8 Å². The van der Waals surface area contributed by atoms with Crippen molar-refractivity contribution in [1.82, 2.24) is 5.32 Å². The summed E-state index contributed by atoms with van der Waals surface area (Å²) in [5.41, 5.74) is 0.951. The van der Waals surface area contributed by atoms with E-state index in [1.54, 1.807) is 54.6 Å². The third-order valence-electron chi connectivity index (χ3n) is 4.45. The molecule has 1 aliphatic heterocycles. The molecular weight excluding hydrogens is 402 g/mol. The molecule has 0 spiro atoms. The smallest absolute Gasteiger partial charge is 0.355 e. The Morgan fingerprint density at radius 2 is 1.87 bits per heavy atom. The minimum absolute atomic E-state index is 0.0359. The van der Waals surface area contributed by atoms with Crippen LogP contribution in [0.15, 0.2) is 71.0 Å². The van der Waals surface area contributed by atoms with Crippen molar-refractivity contribution in [3.8, 4) is 17.2 Å². The second kappa shape index (κ2) is 9.08. The topological polar surface area (TPSA) is 96.2 Å². The number of hydrogen-bond acceptors (Lipinski definition) is 7. The summed E-state index contributed by atoms with van der Waals surface area (Å²) < 4.78 is 26.2. The Labute approximate surface area is 178 Å². The second-order valence-electron chi connectivity index (χ2n) is 6.51. The van der Waals surface area contributed by atoms with Crippen molar-refractivity contribution in [1.29, 1.82) is 0 Å². The zero-order valence-corrected chi connectivity index (χ0v) is 16.6. The van der Waals surface area contributed by atoms with Gasteiger partial charge >= 0.3 is 5.97 Å². The van der Waals surface area contributed by atoms with E-state index < -0.39 is 11.9 Å². The van der Waals surface area contributed by atoms with Gasteiger partial charge in [0, 0.05) is 5.56 Å². The molecule has 0 unspecified atom stereocenters. The molecule has 0 fully saturated rings. The average molecular weight is 421 g/mol. The summed E-state index contributed by atoms with van der Waals surface area (Å²) >= 11 is 0. The Hall–Kier alpha value is -4.20. The Morgan fingerprint density at radius 1 is 1.06 bits per heavy atom. The molecule has 1 amide bonds. The summed E-state index contributed by atoms with van der Waals surface area (Å²) in [6.45, 7) is 0.0669. The summed E-state index contributed by atoms with van der Waals surface area (Å²) in [4.78, 5) is 25.4. The molecule has 2 aromatic carbocycles. The summed E-state index contributed by atoms with van der Waals surface area (Å²) in [6.07, 6.45) is 2.99. The number of carbonyl (C=O) groups is 2. The summed E-state index contributed by atoms with van der Waals surface area (Å²) in [5, 5.41) is 2.62. The van der Waals surface area contributed by atoms with Crippen LogP contribution in [-0.2, 0) is 16.1 Å². The summed E-state index contributed by atoms with van der Waals surface area (Å²) in [7, 11) is 1.54. The van der Waals surface area contributed by atoms with Gasteiger partial charge in [-0.25, -0.2) is 4.79 Å². The predicted molar refractivity (Wildman–Crippen MR) is 110 cm³/mol. The summed E-state index contributed by atoms with van der Waals surface area (Å²) in [6, 6.07) is 15.1. The molecule has 0 radical (unpaired) electrons. The lowest BCUT2D eigenvalue weighted by Crippen LogP contribution is -2.28. The van der Waals surface area contributed by atoms with E-state index in [2.05, 4.69) is 5.32 Å². The van der Waals surface area contributed by atoms with Gasteiger partial charge in [0.15, 0.2) is 11.5 Å². The van der Waals surface area contributed by atoms with Crippen LogP contribution in [0.3, 0.4) is 0 Å². The van der Waals surface area contributed by atoms with E-state index in [-0.39, 0.29) is 19.1 Å². The fourth-order valence-corrected chi connectivity index (χ4v) is 2.86. The zero-order valence-electron chi connectivity index (χ0n) is 16.6. The van der Waals surface area contributed by atoms with Gasteiger partial charge in [0.1, 0.15) is 23.8 Å². The molecule has 2 heterocycles. The number of amides is 1.